The minimum atomic E-state index is -2.89. The Morgan fingerprint density at radius 1 is 0.966 bits per heavy atom. The number of hydrogen-bond acceptors (Lipinski definition) is 6. The summed E-state index contributed by atoms with van der Waals surface area (Å²) in [6.45, 7) is 1.04. The molecule has 0 saturated heterocycles. The van der Waals surface area contributed by atoms with Gasteiger partial charge in [-0.3, -0.25) is 13.9 Å². The van der Waals surface area contributed by atoms with E-state index in [1.807, 2.05) is 36.4 Å². The summed E-state index contributed by atoms with van der Waals surface area (Å²) in [5.74, 6) is 0.376. The number of nitrogen functional groups attached to an aromatic ring is 1. The van der Waals surface area contributed by atoms with Crippen LogP contribution in [-0.2, 0) is 13.0 Å². The van der Waals surface area contributed by atoms with E-state index in [4.69, 9.17) is 5.73 Å². The van der Waals surface area contributed by atoms with Crippen LogP contribution in [0.25, 0.3) is 22.3 Å². The molecule has 2 aliphatic rings. The summed E-state index contributed by atoms with van der Waals surface area (Å²) in [4.78, 5) is 16.9. The van der Waals surface area contributed by atoms with Crippen molar-refractivity contribution in [1.82, 2.24) is 15.0 Å². The van der Waals surface area contributed by atoms with Gasteiger partial charge >= 0.3 is 0 Å². The average molecular weight is 408 g/mol. The number of pyridine rings is 1. The second kappa shape index (κ2) is 6.57. The second-order valence-corrected chi connectivity index (χ2v) is 9.05. The predicted octanol–water partition coefficient (Wildman–Crippen LogP) is 3.41. The van der Waals surface area contributed by atoms with E-state index in [0.29, 0.717) is 29.4 Å². The molecule has 2 aliphatic heterocycles. The summed E-state index contributed by atoms with van der Waals surface area (Å²) in [6, 6.07) is 13.3. The normalized spacial score (nSPS) is 17.9. The smallest absolute Gasteiger partial charge is 0.251 e. The first-order valence-electron chi connectivity index (χ1n) is 9.25. The van der Waals surface area contributed by atoms with Gasteiger partial charge in [0.25, 0.3) is 5.91 Å². The molecule has 3 aromatic rings. The fourth-order valence-electron chi connectivity index (χ4n) is 3.89. The van der Waals surface area contributed by atoms with Gasteiger partial charge in [-0.05, 0) is 52.9 Å². The van der Waals surface area contributed by atoms with Crippen LogP contribution >= 0.6 is 10.8 Å². The van der Waals surface area contributed by atoms with Crippen molar-refractivity contribution in [2.24, 2.45) is 0 Å². The number of rotatable bonds is 2. The lowest BCUT2D eigenvalue weighted by Gasteiger charge is -2.27. The summed E-state index contributed by atoms with van der Waals surface area (Å²) in [5.41, 5.74) is 12.3. The van der Waals surface area contributed by atoms with Crippen LogP contribution < -0.4 is 15.8 Å². The highest BCUT2D eigenvalue weighted by Crippen LogP contribution is 2.51. The molecular weight excluding hydrogens is 388 g/mol. The zero-order chi connectivity index (χ0) is 20.2. The average Bonchev–Trinajstić information content (AvgIpc) is 3.02. The van der Waals surface area contributed by atoms with Gasteiger partial charge in [0.2, 0.25) is 0 Å². The molecule has 0 aliphatic carbocycles. The van der Waals surface area contributed by atoms with Crippen LogP contribution in [0, 0.1) is 0 Å². The molecule has 5 rings (SSSR count). The molecule has 0 radical (unpaired) electrons. The number of anilines is 1. The molecule has 8 heteroatoms. The van der Waals surface area contributed by atoms with Crippen molar-refractivity contribution >= 4 is 22.5 Å². The minimum Gasteiger partial charge on any atom is -0.383 e. The van der Waals surface area contributed by atoms with Crippen molar-refractivity contribution < 1.29 is 13.9 Å². The number of carbonyl (C=O) groups is 1. The van der Waals surface area contributed by atoms with Crippen LogP contribution in [0.15, 0.2) is 53.6 Å². The zero-order valence-electron chi connectivity index (χ0n) is 15.5. The molecule has 0 unspecified atom stereocenters. The van der Waals surface area contributed by atoms with E-state index >= 15 is 0 Å². The number of nitrogens with zero attached hydrogens (tertiary/aromatic N) is 1. The Hall–Kier alpha value is -2.91. The van der Waals surface area contributed by atoms with Crippen LogP contribution in [0.1, 0.15) is 21.5 Å². The van der Waals surface area contributed by atoms with E-state index in [0.717, 1.165) is 39.8 Å². The van der Waals surface area contributed by atoms with Gasteiger partial charge < -0.3 is 11.1 Å². The fraction of sp³-hybridized carbons (Fsp3) is 0.143. The first-order chi connectivity index (χ1) is 13.9. The Labute approximate surface area is 169 Å². The molecule has 3 heterocycles. The third-order valence-electron chi connectivity index (χ3n) is 5.42. The van der Waals surface area contributed by atoms with Crippen molar-refractivity contribution in [3.05, 3.63) is 65.4 Å². The van der Waals surface area contributed by atoms with Crippen LogP contribution in [-0.4, -0.2) is 26.5 Å². The monoisotopic (exact) mass is 408 g/mol. The summed E-state index contributed by atoms with van der Waals surface area (Å²) >= 11 is 0. The molecule has 6 N–H and O–H groups in total. The molecule has 148 valence electrons. The molecule has 0 atom stereocenters. The van der Waals surface area contributed by atoms with E-state index in [1.54, 1.807) is 12.3 Å². The Bertz CT molecular complexity index is 1160. The largest absolute Gasteiger partial charge is 0.383 e. The van der Waals surface area contributed by atoms with Crippen molar-refractivity contribution in [3.8, 4) is 22.3 Å². The number of aromatic nitrogens is 1. The number of nitrogens with two attached hydrogens (primary N) is 1. The molecule has 1 amide bonds. The van der Waals surface area contributed by atoms with Gasteiger partial charge in [0.15, 0.2) is 0 Å². The number of carbonyl (C=O) groups excluding carboxylic acids is 1. The lowest BCUT2D eigenvalue weighted by atomic mass is 9.94. The molecule has 0 bridgehead atoms. The van der Waals surface area contributed by atoms with Crippen LogP contribution in [0.3, 0.4) is 0 Å². The zero-order valence-corrected chi connectivity index (χ0v) is 16.3. The first kappa shape index (κ1) is 18.1. The standard InChI is InChI=1S/C21H20N4O3S/c22-20-18(13-1-3-17-14(8-13)5-6-23-21(17)26)9-15(10-24-20)12-2-4-19-16(7-12)11-25-29(19,27)28/h1-4,7-10,25,27-28H,5-6,11H2,(H2,22,24)(H,23,26). The third kappa shape index (κ3) is 3.06. The van der Waals surface area contributed by atoms with E-state index in [1.165, 1.54) is 0 Å². The summed E-state index contributed by atoms with van der Waals surface area (Å²) in [7, 11) is -2.89. The molecule has 1 aromatic heterocycles. The maximum atomic E-state index is 12.0. The lowest BCUT2D eigenvalue weighted by molar-refractivity contribution is 0.0946. The van der Waals surface area contributed by atoms with E-state index in [2.05, 4.69) is 15.0 Å². The SMILES string of the molecule is Nc1ncc(-c2ccc3c(c2)CNS3(O)O)cc1-c1ccc2c(c1)CCNC2=O. The van der Waals surface area contributed by atoms with Crippen molar-refractivity contribution in [2.45, 2.75) is 17.9 Å². The Morgan fingerprint density at radius 3 is 2.62 bits per heavy atom. The molecule has 0 spiro atoms. The maximum absolute atomic E-state index is 12.0. The maximum Gasteiger partial charge on any atom is 0.251 e. The Kier molecular flexibility index (Phi) is 4.11. The van der Waals surface area contributed by atoms with Gasteiger partial charge in [0.1, 0.15) is 5.82 Å². The van der Waals surface area contributed by atoms with Crippen molar-refractivity contribution in [1.29, 1.82) is 0 Å². The van der Waals surface area contributed by atoms with Gasteiger partial charge in [0, 0.05) is 36.0 Å². The predicted molar refractivity (Wildman–Crippen MR) is 114 cm³/mol. The van der Waals surface area contributed by atoms with Crippen molar-refractivity contribution in [3.63, 3.8) is 0 Å². The Balaban J connectivity index is 1.56. The molecular formula is C21H20N4O3S. The van der Waals surface area contributed by atoms with Crippen LogP contribution in [0.2, 0.25) is 0 Å². The molecule has 2 aromatic carbocycles. The highest BCUT2D eigenvalue weighted by Gasteiger charge is 2.26. The van der Waals surface area contributed by atoms with E-state index < -0.39 is 10.8 Å². The summed E-state index contributed by atoms with van der Waals surface area (Å²) in [5, 5.41) is 2.85. The third-order valence-corrected chi connectivity index (χ3v) is 6.98. The summed E-state index contributed by atoms with van der Waals surface area (Å²) in [6.07, 6.45) is 2.50. The van der Waals surface area contributed by atoms with Crippen LogP contribution in [0.5, 0.6) is 0 Å². The van der Waals surface area contributed by atoms with E-state index in [-0.39, 0.29) is 5.91 Å². The molecule has 7 nitrogen and oxygen atoms in total. The fourth-order valence-corrected chi connectivity index (χ4v) is 5.16. The lowest BCUT2D eigenvalue weighted by Crippen LogP contribution is -2.31. The van der Waals surface area contributed by atoms with Gasteiger partial charge in [-0.15, -0.1) is 10.8 Å². The van der Waals surface area contributed by atoms with Gasteiger partial charge in [-0.2, -0.15) is 0 Å². The van der Waals surface area contributed by atoms with Crippen molar-refractivity contribution in [2.75, 3.05) is 12.3 Å². The number of nitrogens with one attached hydrogen (secondary N) is 2. The van der Waals surface area contributed by atoms with Crippen LogP contribution in [0.4, 0.5) is 5.82 Å². The highest BCUT2D eigenvalue weighted by molar-refractivity contribution is 8.22. The number of fused-ring (bicyclic) bond motifs is 2. The molecule has 29 heavy (non-hydrogen) atoms. The van der Waals surface area contributed by atoms with Gasteiger partial charge in [0.05, 0.1) is 4.90 Å². The molecule has 0 fully saturated rings. The Morgan fingerprint density at radius 2 is 1.76 bits per heavy atom. The summed E-state index contributed by atoms with van der Waals surface area (Å²) < 4.78 is 22.8. The number of amides is 1. The number of benzene rings is 2. The molecule has 0 saturated carbocycles. The minimum absolute atomic E-state index is 0.0460. The highest BCUT2D eigenvalue weighted by atomic mass is 32.3. The topological polar surface area (TPSA) is 120 Å². The second-order valence-electron chi connectivity index (χ2n) is 7.23. The first-order valence-corrected chi connectivity index (χ1v) is 10.8. The quantitative estimate of drug-likeness (QED) is 0.443. The van der Waals surface area contributed by atoms with E-state index in [9.17, 15) is 13.9 Å². The number of hydrogen-bond donors (Lipinski definition) is 5. The van der Waals surface area contributed by atoms with Gasteiger partial charge in [-0.25, -0.2) is 9.71 Å². The van der Waals surface area contributed by atoms with Gasteiger partial charge in [-0.1, -0.05) is 18.2 Å².